The van der Waals surface area contributed by atoms with Gasteiger partial charge >= 0.3 is 0 Å². The number of carbonyl (C=O) groups is 1. The first kappa shape index (κ1) is 9.03. The lowest BCUT2D eigenvalue weighted by Crippen LogP contribution is -2.40. The van der Waals surface area contributed by atoms with Crippen molar-refractivity contribution >= 4 is 11.7 Å². The van der Waals surface area contributed by atoms with Gasteiger partial charge in [-0.15, -0.1) is 0 Å². The van der Waals surface area contributed by atoms with E-state index in [-0.39, 0.29) is 11.8 Å². The summed E-state index contributed by atoms with van der Waals surface area (Å²) in [6.07, 6.45) is 1.59. The fourth-order valence-corrected chi connectivity index (χ4v) is 1.50. The normalized spacial score (nSPS) is 19.2. The summed E-state index contributed by atoms with van der Waals surface area (Å²) in [7, 11) is 0. The van der Waals surface area contributed by atoms with E-state index in [0.29, 0.717) is 5.84 Å². The third-order valence-electron chi connectivity index (χ3n) is 2.37. The first-order chi connectivity index (χ1) is 5.61. The molecule has 1 amide bonds. The number of rotatable bonds is 1. The summed E-state index contributed by atoms with van der Waals surface area (Å²) in [6.45, 7) is 3.36. The zero-order valence-electron chi connectivity index (χ0n) is 7.34. The number of nitrogens with one attached hydrogen (secondary N) is 1. The maximum Gasteiger partial charge on any atom is 0.220 e. The van der Waals surface area contributed by atoms with Gasteiger partial charge in [-0.3, -0.25) is 10.2 Å². The summed E-state index contributed by atoms with van der Waals surface area (Å²) in [6, 6.07) is 0. The SMILES string of the molecule is CC(=N)N1CCC(C(N)=O)CC1. The Balaban J connectivity index is 2.39. The van der Waals surface area contributed by atoms with Crippen LogP contribution in [0.4, 0.5) is 0 Å². The van der Waals surface area contributed by atoms with E-state index < -0.39 is 0 Å². The summed E-state index contributed by atoms with van der Waals surface area (Å²) in [5.41, 5.74) is 5.18. The molecule has 1 fully saturated rings. The molecule has 0 unspecified atom stereocenters. The molecule has 0 radical (unpaired) electrons. The number of piperidine rings is 1. The topological polar surface area (TPSA) is 70.2 Å². The molecule has 0 bridgehead atoms. The first-order valence-corrected chi connectivity index (χ1v) is 4.20. The van der Waals surface area contributed by atoms with Crippen LogP contribution in [0.3, 0.4) is 0 Å². The number of nitrogens with two attached hydrogens (primary N) is 1. The van der Waals surface area contributed by atoms with Crippen molar-refractivity contribution < 1.29 is 4.79 Å². The van der Waals surface area contributed by atoms with E-state index in [1.54, 1.807) is 6.92 Å². The average molecular weight is 169 g/mol. The van der Waals surface area contributed by atoms with Gasteiger partial charge in [0.2, 0.25) is 5.91 Å². The van der Waals surface area contributed by atoms with Crippen molar-refractivity contribution in [2.24, 2.45) is 11.7 Å². The largest absolute Gasteiger partial charge is 0.369 e. The molecular formula is C8H15N3O. The van der Waals surface area contributed by atoms with Crippen LogP contribution in [0.2, 0.25) is 0 Å². The van der Waals surface area contributed by atoms with Gasteiger partial charge in [-0.2, -0.15) is 0 Å². The van der Waals surface area contributed by atoms with Gasteiger partial charge in [-0.05, 0) is 19.8 Å². The van der Waals surface area contributed by atoms with E-state index in [1.807, 2.05) is 4.90 Å². The van der Waals surface area contributed by atoms with Crippen molar-refractivity contribution in [1.29, 1.82) is 5.41 Å². The third kappa shape index (κ3) is 1.96. The quantitative estimate of drug-likeness (QED) is 0.434. The molecule has 1 aliphatic rings. The second-order valence-corrected chi connectivity index (χ2v) is 3.25. The smallest absolute Gasteiger partial charge is 0.220 e. The molecular weight excluding hydrogens is 154 g/mol. The minimum Gasteiger partial charge on any atom is -0.369 e. The number of carbonyl (C=O) groups excluding carboxylic acids is 1. The summed E-state index contributed by atoms with van der Waals surface area (Å²) < 4.78 is 0. The highest BCUT2D eigenvalue weighted by Crippen LogP contribution is 2.16. The van der Waals surface area contributed by atoms with Gasteiger partial charge in [-0.25, -0.2) is 0 Å². The lowest BCUT2D eigenvalue weighted by atomic mass is 9.96. The number of amidine groups is 1. The molecule has 0 aromatic heterocycles. The van der Waals surface area contributed by atoms with Crippen molar-refractivity contribution in [3.63, 3.8) is 0 Å². The summed E-state index contributed by atoms with van der Waals surface area (Å²) in [4.78, 5) is 12.8. The molecule has 1 saturated heterocycles. The Morgan fingerprint density at radius 3 is 2.33 bits per heavy atom. The first-order valence-electron chi connectivity index (χ1n) is 4.20. The molecule has 0 atom stereocenters. The zero-order valence-corrected chi connectivity index (χ0v) is 7.34. The Labute approximate surface area is 72.2 Å². The zero-order chi connectivity index (χ0) is 9.14. The van der Waals surface area contributed by atoms with Gasteiger partial charge in [0.25, 0.3) is 0 Å². The highest BCUT2D eigenvalue weighted by molar-refractivity contribution is 5.78. The fourth-order valence-electron chi connectivity index (χ4n) is 1.50. The van der Waals surface area contributed by atoms with Crippen LogP contribution in [0.1, 0.15) is 19.8 Å². The minimum atomic E-state index is -0.197. The van der Waals surface area contributed by atoms with Crippen LogP contribution < -0.4 is 5.73 Å². The molecule has 68 valence electrons. The van der Waals surface area contributed by atoms with Gasteiger partial charge in [0.1, 0.15) is 0 Å². The van der Waals surface area contributed by atoms with E-state index in [0.717, 1.165) is 25.9 Å². The Hall–Kier alpha value is -1.06. The van der Waals surface area contributed by atoms with Crippen molar-refractivity contribution in [2.75, 3.05) is 13.1 Å². The summed E-state index contributed by atoms with van der Waals surface area (Å²) >= 11 is 0. The molecule has 12 heavy (non-hydrogen) atoms. The van der Waals surface area contributed by atoms with Crippen LogP contribution in [0.15, 0.2) is 0 Å². The van der Waals surface area contributed by atoms with Gasteiger partial charge in [0.05, 0.1) is 5.84 Å². The lowest BCUT2D eigenvalue weighted by molar-refractivity contribution is -0.122. The maximum atomic E-state index is 10.8. The predicted octanol–water partition coefficient (Wildman–Crippen LogP) is 0.181. The number of amides is 1. The summed E-state index contributed by atoms with van der Waals surface area (Å²) in [5, 5.41) is 7.37. The molecule has 0 aromatic carbocycles. The third-order valence-corrected chi connectivity index (χ3v) is 2.37. The predicted molar refractivity (Wildman–Crippen MR) is 46.9 cm³/mol. The van der Waals surface area contributed by atoms with E-state index in [1.165, 1.54) is 0 Å². The Bertz CT molecular complexity index is 172. The molecule has 3 N–H and O–H groups in total. The molecule has 4 nitrogen and oxygen atoms in total. The fraction of sp³-hybridized carbons (Fsp3) is 0.750. The van der Waals surface area contributed by atoms with E-state index in [4.69, 9.17) is 11.1 Å². The molecule has 1 heterocycles. The van der Waals surface area contributed by atoms with Crippen LogP contribution in [0, 0.1) is 11.3 Å². The number of hydrogen-bond donors (Lipinski definition) is 2. The Morgan fingerprint density at radius 1 is 1.50 bits per heavy atom. The second kappa shape index (κ2) is 3.56. The molecule has 0 aliphatic carbocycles. The molecule has 0 aromatic rings. The Morgan fingerprint density at radius 2 is 2.00 bits per heavy atom. The highest BCUT2D eigenvalue weighted by atomic mass is 16.1. The van der Waals surface area contributed by atoms with Crippen LogP contribution in [-0.2, 0) is 4.79 Å². The van der Waals surface area contributed by atoms with Gasteiger partial charge in [0.15, 0.2) is 0 Å². The van der Waals surface area contributed by atoms with Crippen LogP contribution in [-0.4, -0.2) is 29.7 Å². The molecule has 1 aliphatic heterocycles. The average Bonchev–Trinajstić information content (AvgIpc) is 2.04. The number of hydrogen-bond acceptors (Lipinski definition) is 2. The van der Waals surface area contributed by atoms with Gasteiger partial charge in [-0.1, -0.05) is 0 Å². The van der Waals surface area contributed by atoms with Crippen LogP contribution in [0.25, 0.3) is 0 Å². The molecule has 0 saturated carbocycles. The van der Waals surface area contributed by atoms with Crippen molar-refractivity contribution in [1.82, 2.24) is 4.90 Å². The lowest BCUT2D eigenvalue weighted by Gasteiger charge is -2.31. The second-order valence-electron chi connectivity index (χ2n) is 3.25. The van der Waals surface area contributed by atoms with E-state index in [9.17, 15) is 4.79 Å². The number of nitrogens with zero attached hydrogens (tertiary/aromatic N) is 1. The van der Waals surface area contributed by atoms with Crippen molar-refractivity contribution in [2.45, 2.75) is 19.8 Å². The van der Waals surface area contributed by atoms with Crippen molar-refractivity contribution in [3.05, 3.63) is 0 Å². The van der Waals surface area contributed by atoms with Crippen LogP contribution in [0.5, 0.6) is 0 Å². The Kier molecular flexibility index (Phi) is 2.68. The van der Waals surface area contributed by atoms with E-state index >= 15 is 0 Å². The summed E-state index contributed by atoms with van der Waals surface area (Å²) in [5.74, 6) is 0.413. The van der Waals surface area contributed by atoms with Crippen molar-refractivity contribution in [3.8, 4) is 0 Å². The number of likely N-dealkylation sites (tertiary alicyclic amines) is 1. The van der Waals surface area contributed by atoms with Crippen LogP contribution >= 0.6 is 0 Å². The molecule has 1 rings (SSSR count). The number of primary amides is 1. The van der Waals surface area contributed by atoms with E-state index in [2.05, 4.69) is 0 Å². The minimum absolute atomic E-state index is 0.0283. The van der Waals surface area contributed by atoms with Gasteiger partial charge in [0, 0.05) is 19.0 Å². The molecule has 4 heteroatoms. The van der Waals surface area contributed by atoms with Gasteiger partial charge < -0.3 is 10.6 Å². The standard InChI is InChI=1S/C8H15N3O/c1-6(9)11-4-2-7(3-5-11)8(10)12/h7,9H,2-5H2,1H3,(H2,10,12). The monoisotopic (exact) mass is 169 g/mol. The highest BCUT2D eigenvalue weighted by Gasteiger charge is 2.22. The molecule has 0 spiro atoms. The maximum absolute atomic E-state index is 10.8.